The molecule has 158 valence electrons. The van der Waals surface area contributed by atoms with Gasteiger partial charge in [-0.25, -0.2) is 0 Å². The van der Waals surface area contributed by atoms with E-state index in [9.17, 15) is 4.79 Å². The van der Waals surface area contributed by atoms with Gasteiger partial charge >= 0.3 is 0 Å². The molecule has 6 nitrogen and oxygen atoms in total. The van der Waals surface area contributed by atoms with Gasteiger partial charge in [0.25, 0.3) is 0 Å². The smallest absolute Gasteiger partial charge is 0.223 e. The summed E-state index contributed by atoms with van der Waals surface area (Å²) < 4.78 is 5.31. The van der Waals surface area contributed by atoms with Crippen LogP contribution in [0.1, 0.15) is 64.7 Å². The third-order valence-corrected chi connectivity index (χ3v) is 5.84. The van der Waals surface area contributed by atoms with Crippen molar-refractivity contribution in [1.29, 1.82) is 0 Å². The summed E-state index contributed by atoms with van der Waals surface area (Å²) in [6.07, 6.45) is 10.5. The number of aliphatic imine (C=N–C) groups is 1. The number of amides is 1. The van der Waals surface area contributed by atoms with E-state index in [1.54, 1.807) is 7.11 Å². The maximum absolute atomic E-state index is 11.8. The first-order chi connectivity index (χ1) is 12.7. The third-order valence-electron chi connectivity index (χ3n) is 5.84. The summed E-state index contributed by atoms with van der Waals surface area (Å²) in [5, 5.41) is 9.78. The highest BCUT2D eigenvalue weighted by Crippen LogP contribution is 2.41. The second-order valence-electron chi connectivity index (χ2n) is 7.84. The number of carbonyl (C=O) groups excluding carboxylic acids is 1. The third kappa shape index (κ3) is 8.54. The van der Waals surface area contributed by atoms with Gasteiger partial charge in [0.2, 0.25) is 5.91 Å². The first kappa shape index (κ1) is 24.5. The van der Waals surface area contributed by atoms with E-state index in [1.807, 2.05) is 0 Å². The van der Waals surface area contributed by atoms with E-state index in [2.05, 4.69) is 22.9 Å². The first-order valence-electron chi connectivity index (χ1n) is 10.5. The number of guanidine groups is 1. The number of rotatable bonds is 11. The molecule has 0 bridgehead atoms. The normalized spacial score (nSPS) is 19.1. The van der Waals surface area contributed by atoms with Crippen molar-refractivity contribution in [3.05, 3.63) is 0 Å². The van der Waals surface area contributed by atoms with E-state index in [4.69, 9.17) is 9.73 Å². The highest BCUT2D eigenvalue weighted by molar-refractivity contribution is 14.0. The molecule has 2 fully saturated rings. The summed E-state index contributed by atoms with van der Waals surface area (Å²) in [5.41, 5.74) is 0.315. The van der Waals surface area contributed by atoms with E-state index >= 15 is 0 Å². The Bertz CT molecular complexity index is 449. The van der Waals surface area contributed by atoms with Crippen LogP contribution < -0.4 is 16.0 Å². The fraction of sp³-hybridized carbons (Fsp3) is 0.900. The SMILES string of the molecule is CCNC(=NCC1(CCOC)CCCC1)NCCCNC(=O)C1CCC1.I. The molecule has 2 aliphatic carbocycles. The minimum Gasteiger partial charge on any atom is -0.385 e. The number of halogens is 1. The van der Waals surface area contributed by atoms with Gasteiger partial charge in [-0.15, -0.1) is 24.0 Å². The molecule has 2 aliphatic rings. The molecule has 0 heterocycles. The average Bonchev–Trinajstić information content (AvgIpc) is 3.05. The molecule has 3 N–H and O–H groups in total. The van der Waals surface area contributed by atoms with E-state index in [0.717, 1.165) is 64.4 Å². The Kier molecular flexibility index (Phi) is 12.3. The van der Waals surface area contributed by atoms with Gasteiger partial charge in [-0.05, 0) is 50.9 Å². The molecular weight excluding hydrogens is 455 g/mol. The predicted octanol–water partition coefficient (Wildman–Crippen LogP) is 3.06. The number of nitrogens with one attached hydrogen (secondary N) is 3. The maximum Gasteiger partial charge on any atom is 0.223 e. The van der Waals surface area contributed by atoms with Gasteiger partial charge < -0.3 is 20.7 Å². The number of methoxy groups -OCH3 is 1. The second-order valence-corrected chi connectivity index (χ2v) is 7.84. The van der Waals surface area contributed by atoms with Crippen LogP contribution in [0, 0.1) is 11.3 Å². The quantitative estimate of drug-likeness (QED) is 0.179. The fourth-order valence-corrected chi connectivity index (χ4v) is 3.84. The Hall–Kier alpha value is -0.570. The Labute approximate surface area is 182 Å². The molecule has 0 aromatic heterocycles. The Balaban J connectivity index is 0.00000364. The predicted molar refractivity (Wildman–Crippen MR) is 122 cm³/mol. The number of hydrogen-bond donors (Lipinski definition) is 3. The van der Waals surface area contributed by atoms with Crippen molar-refractivity contribution in [1.82, 2.24) is 16.0 Å². The zero-order valence-electron chi connectivity index (χ0n) is 17.1. The van der Waals surface area contributed by atoms with Crippen LogP contribution in [-0.2, 0) is 9.53 Å². The molecule has 0 aliphatic heterocycles. The van der Waals surface area contributed by atoms with Gasteiger partial charge in [0.05, 0.1) is 0 Å². The van der Waals surface area contributed by atoms with Gasteiger partial charge in [0.15, 0.2) is 5.96 Å². The van der Waals surface area contributed by atoms with E-state index in [1.165, 1.54) is 32.1 Å². The zero-order valence-corrected chi connectivity index (χ0v) is 19.5. The monoisotopic (exact) mass is 494 g/mol. The summed E-state index contributed by atoms with van der Waals surface area (Å²) in [5.74, 6) is 1.40. The molecule has 2 saturated carbocycles. The molecular formula is C20H39IN4O2. The molecule has 0 radical (unpaired) electrons. The molecule has 0 saturated heterocycles. The van der Waals surface area contributed by atoms with Gasteiger partial charge in [-0.1, -0.05) is 19.3 Å². The van der Waals surface area contributed by atoms with Crippen LogP contribution in [0.15, 0.2) is 4.99 Å². The molecule has 7 heteroatoms. The second kappa shape index (κ2) is 13.6. The molecule has 0 spiro atoms. The first-order valence-corrected chi connectivity index (χ1v) is 10.5. The van der Waals surface area contributed by atoms with Crippen molar-refractivity contribution in [2.24, 2.45) is 16.3 Å². The molecule has 0 aromatic carbocycles. The topological polar surface area (TPSA) is 74.8 Å². The van der Waals surface area contributed by atoms with Crippen LogP contribution in [-0.4, -0.2) is 51.8 Å². The summed E-state index contributed by atoms with van der Waals surface area (Å²) in [7, 11) is 1.78. The van der Waals surface area contributed by atoms with Crippen molar-refractivity contribution in [3.8, 4) is 0 Å². The van der Waals surface area contributed by atoms with Crippen molar-refractivity contribution >= 4 is 35.8 Å². The average molecular weight is 494 g/mol. The molecule has 0 aromatic rings. The van der Waals surface area contributed by atoms with Crippen molar-refractivity contribution in [3.63, 3.8) is 0 Å². The lowest BCUT2D eigenvalue weighted by Crippen LogP contribution is -2.40. The summed E-state index contributed by atoms with van der Waals surface area (Å²) in [6, 6.07) is 0. The molecule has 2 rings (SSSR count). The highest BCUT2D eigenvalue weighted by Gasteiger charge is 2.33. The Morgan fingerprint density at radius 2 is 1.81 bits per heavy atom. The lowest BCUT2D eigenvalue weighted by Gasteiger charge is -2.27. The largest absolute Gasteiger partial charge is 0.385 e. The van der Waals surface area contributed by atoms with Crippen LogP contribution >= 0.6 is 24.0 Å². The molecule has 0 atom stereocenters. The molecule has 1 amide bonds. The summed E-state index contributed by atoms with van der Waals surface area (Å²) >= 11 is 0. The van der Waals surface area contributed by atoms with Gasteiger partial charge in [0, 0.05) is 45.8 Å². The number of carbonyl (C=O) groups is 1. The van der Waals surface area contributed by atoms with Crippen LogP contribution in [0.4, 0.5) is 0 Å². The lowest BCUT2D eigenvalue weighted by molar-refractivity contribution is -0.127. The molecule has 27 heavy (non-hydrogen) atoms. The minimum atomic E-state index is 0. The highest BCUT2D eigenvalue weighted by atomic mass is 127. The van der Waals surface area contributed by atoms with E-state index < -0.39 is 0 Å². The Morgan fingerprint density at radius 1 is 1.11 bits per heavy atom. The lowest BCUT2D eigenvalue weighted by atomic mass is 9.83. The van der Waals surface area contributed by atoms with Crippen molar-refractivity contribution < 1.29 is 9.53 Å². The van der Waals surface area contributed by atoms with Crippen molar-refractivity contribution in [2.75, 3.05) is 39.9 Å². The van der Waals surface area contributed by atoms with Crippen LogP contribution in [0.3, 0.4) is 0 Å². The van der Waals surface area contributed by atoms with E-state index in [-0.39, 0.29) is 35.8 Å². The van der Waals surface area contributed by atoms with Crippen molar-refractivity contribution in [2.45, 2.75) is 64.7 Å². The van der Waals surface area contributed by atoms with Crippen LogP contribution in [0.5, 0.6) is 0 Å². The van der Waals surface area contributed by atoms with Crippen LogP contribution in [0.2, 0.25) is 0 Å². The van der Waals surface area contributed by atoms with E-state index in [0.29, 0.717) is 5.41 Å². The summed E-state index contributed by atoms with van der Waals surface area (Å²) in [6.45, 7) is 6.19. The number of hydrogen-bond acceptors (Lipinski definition) is 3. The standard InChI is InChI=1S/C20H38N4O2.HI/c1-3-21-19(23-14-7-13-22-18(25)17-8-6-9-17)24-16-20(12-15-26-2)10-4-5-11-20;/h17H,3-16H2,1-2H3,(H,22,25)(H2,21,23,24);1H. The van der Waals surface area contributed by atoms with Gasteiger partial charge in [-0.3, -0.25) is 9.79 Å². The molecule has 0 unspecified atom stereocenters. The maximum atomic E-state index is 11.8. The zero-order chi connectivity index (χ0) is 18.7. The summed E-state index contributed by atoms with van der Waals surface area (Å²) in [4.78, 5) is 16.7. The Morgan fingerprint density at radius 3 is 2.41 bits per heavy atom. The van der Waals surface area contributed by atoms with Gasteiger partial charge in [-0.2, -0.15) is 0 Å². The fourth-order valence-electron chi connectivity index (χ4n) is 3.84. The van der Waals surface area contributed by atoms with Crippen LogP contribution in [0.25, 0.3) is 0 Å². The number of ether oxygens (including phenoxy) is 1. The number of nitrogens with zero attached hydrogens (tertiary/aromatic N) is 1. The van der Waals surface area contributed by atoms with Gasteiger partial charge in [0.1, 0.15) is 0 Å². The minimum absolute atomic E-state index is 0.